The van der Waals surface area contributed by atoms with Crippen molar-refractivity contribution in [3.05, 3.63) is 77.9 Å². The molecule has 0 aliphatic carbocycles. The van der Waals surface area contributed by atoms with Crippen molar-refractivity contribution in [1.29, 1.82) is 0 Å². The van der Waals surface area contributed by atoms with Crippen LogP contribution >= 0.6 is 0 Å². The summed E-state index contributed by atoms with van der Waals surface area (Å²) in [6.07, 6.45) is 0. The largest absolute Gasteiger partial charge is 0.301 e. The fourth-order valence-electron chi connectivity index (χ4n) is 2.99. The van der Waals surface area contributed by atoms with Crippen LogP contribution in [0.4, 0.5) is 0 Å². The Hall–Kier alpha value is -2.21. The number of nitrogens with one attached hydrogen (secondary N) is 1. The molecule has 0 radical (unpaired) electrons. The zero-order valence-electron chi connectivity index (χ0n) is 15.3. The molecule has 0 aromatic heterocycles. The number of nitrogens with zero attached hydrogens (tertiary/aromatic N) is 1. The molecule has 0 spiro atoms. The molecule has 26 heavy (non-hydrogen) atoms. The van der Waals surface area contributed by atoms with Gasteiger partial charge in [0.05, 0.1) is 4.90 Å². The van der Waals surface area contributed by atoms with E-state index in [0.29, 0.717) is 6.54 Å². The number of likely N-dealkylation sites (N-methyl/N-ethyl adjacent to an activating group) is 1. The second-order valence-corrected chi connectivity index (χ2v) is 8.52. The van der Waals surface area contributed by atoms with E-state index in [1.54, 1.807) is 12.1 Å². The summed E-state index contributed by atoms with van der Waals surface area (Å²) >= 11 is 0. The number of sulfonamides is 1. The van der Waals surface area contributed by atoms with Gasteiger partial charge in [0.1, 0.15) is 0 Å². The third-order valence-corrected chi connectivity index (χ3v) is 6.00. The summed E-state index contributed by atoms with van der Waals surface area (Å²) in [6.45, 7) is 2.35. The van der Waals surface area contributed by atoms with Gasteiger partial charge in [-0.05, 0) is 49.5 Å². The molecule has 0 fully saturated rings. The molecule has 5 heteroatoms. The first-order valence-corrected chi connectivity index (χ1v) is 10.1. The molecule has 0 bridgehead atoms. The van der Waals surface area contributed by atoms with Crippen LogP contribution in [0, 0.1) is 6.92 Å². The van der Waals surface area contributed by atoms with Crippen LogP contribution in [0.15, 0.2) is 71.6 Å². The van der Waals surface area contributed by atoms with Crippen molar-refractivity contribution in [2.75, 3.05) is 20.6 Å². The lowest BCUT2D eigenvalue weighted by Crippen LogP contribution is -2.34. The van der Waals surface area contributed by atoms with Crippen molar-refractivity contribution in [2.24, 2.45) is 0 Å². The van der Waals surface area contributed by atoms with Crippen LogP contribution in [0.5, 0.6) is 0 Å². The molecule has 3 aromatic carbocycles. The quantitative estimate of drug-likeness (QED) is 0.721. The first kappa shape index (κ1) is 18.6. The first-order valence-electron chi connectivity index (χ1n) is 8.58. The molecule has 3 rings (SSSR count). The maximum atomic E-state index is 12.8. The van der Waals surface area contributed by atoms with Gasteiger partial charge in [-0.1, -0.05) is 60.2 Å². The Labute approximate surface area is 155 Å². The second-order valence-electron chi connectivity index (χ2n) is 6.75. The van der Waals surface area contributed by atoms with Gasteiger partial charge in [0.25, 0.3) is 0 Å². The van der Waals surface area contributed by atoms with Crippen molar-refractivity contribution >= 4 is 20.8 Å². The topological polar surface area (TPSA) is 49.4 Å². The monoisotopic (exact) mass is 368 g/mol. The summed E-state index contributed by atoms with van der Waals surface area (Å²) in [5.74, 6) is 0. The van der Waals surface area contributed by atoms with E-state index in [9.17, 15) is 8.42 Å². The summed E-state index contributed by atoms with van der Waals surface area (Å²) < 4.78 is 28.3. The zero-order valence-corrected chi connectivity index (χ0v) is 16.1. The highest BCUT2D eigenvalue weighted by atomic mass is 32.2. The Balaban J connectivity index is 1.81. The standard InChI is InChI=1S/C21H24N2O2S/c1-16-8-10-18(11-9-16)21(23(2)3)15-22-26(24,25)20-13-12-17-6-4-5-7-19(17)14-20/h4-14,21-22H,15H2,1-3H3/t21-/m0/s1. The SMILES string of the molecule is Cc1ccc([C@H](CNS(=O)(=O)c2ccc3ccccc3c2)N(C)C)cc1. The minimum atomic E-state index is -3.57. The summed E-state index contributed by atoms with van der Waals surface area (Å²) in [6, 6.07) is 21.1. The normalized spacial score (nSPS) is 13.2. The molecule has 1 atom stereocenters. The van der Waals surface area contributed by atoms with Crippen molar-refractivity contribution in [2.45, 2.75) is 17.9 Å². The van der Waals surface area contributed by atoms with E-state index in [4.69, 9.17) is 0 Å². The highest BCUT2D eigenvalue weighted by molar-refractivity contribution is 7.89. The Bertz CT molecular complexity index is 996. The van der Waals surface area contributed by atoms with Crippen molar-refractivity contribution in [3.63, 3.8) is 0 Å². The minimum absolute atomic E-state index is 0.0363. The highest BCUT2D eigenvalue weighted by Crippen LogP contribution is 2.21. The van der Waals surface area contributed by atoms with Gasteiger partial charge >= 0.3 is 0 Å². The molecule has 0 heterocycles. The molecular weight excluding hydrogens is 344 g/mol. The van der Waals surface area contributed by atoms with Crippen LogP contribution in [-0.4, -0.2) is 34.0 Å². The number of hydrogen-bond donors (Lipinski definition) is 1. The molecule has 1 N–H and O–H groups in total. The van der Waals surface area contributed by atoms with E-state index < -0.39 is 10.0 Å². The van der Waals surface area contributed by atoms with Gasteiger partial charge in [-0.2, -0.15) is 0 Å². The number of fused-ring (bicyclic) bond motifs is 1. The van der Waals surface area contributed by atoms with E-state index in [2.05, 4.69) is 4.72 Å². The number of aryl methyl sites for hydroxylation is 1. The van der Waals surface area contributed by atoms with E-state index >= 15 is 0 Å². The van der Waals surface area contributed by atoms with Crippen LogP contribution in [0.3, 0.4) is 0 Å². The predicted molar refractivity (Wildman–Crippen MR) is 107 cm³/mol. The van der Waals surface area contributed by atoms with Gasteiger partial charge in [0.2, 0.25) is 10.0 Å². The summed E-state index contributed by atoms with van der Waals surface area (Å²) in [7, 11) is 0.333. The number of hydrogen-bond acceptors (Lipinski definition) is 3. The Morgan fingerprint density at radius 1 is 0.923 bits per heavy atom. The van der Waals surface area contributed by atoms with Crippen LogP contribution in [0.25, 0.3) is 10.8 Å². The van der Waals surface area contributed by atoms with Crippen molar-refractivity contribution in [1.82, 2.24) is 9.62 Å². The molecule has 4 nitrogen and oxygen atoms in total. The van der Waals surface area contributed by atoms with Gasteiger partial charge in [-0.15, -0.1) is 0 Å². The van der Waals surface area contributed by atoms with Gasteiger partial charge in [0.15, 0.2) is 0 Å². The fourth-order valence-corrected chi connectivity index (χ4v) is 4.07. The van der Waals surface area contributed by atoms with E-state index in [0.717, 1.165) is 16.3 Å². The lowest BCUT2D eigenvalue weighted by atomic mass is 10.0. The van der Waals surface area contributed by atoms with Gasteiger partial charge < -0.3 is 4.90 Å². The smallest absolute Gasteiger partial charge is 0.240 e. The summed E-state index contributed by atoms with van der Waals surface area (Å²) in [5.41, 5.74) is 2.27. The fraction of sp³-hybridized carbons (Fsp3) is 0.238. The van der Waals surface area contributed by atoms with Gasteiger partial charge in [-0.25, -0.2) is 13.1 Å². The number of rotatable bonds is 6. The maximum absolute atomic E-state index is 12.8. The molecule has 3 aromatic rings. The Kier molecular flexibility index (Phi) is 5.41. The zero-order chi connectivity index (χ0) is 18.7. The highest BCUT2D eigenvalue weighted by Gasteiger charge is 2.20. The van der Waals surface area contributed by atoms with Crippen LogP contribution in [0.2, 0.25) is 0 Å². The van der Waals surface area contributed by atoms with E-state index in [-0.39, 0.29) is 10.9 Å². The molecule has 0 saturated heterocycles. The Morgan fingerprint density at radius 2 is 1.58 bits per heavy atom. The van der Waals surface area contributed by atoms with Crippen LogP contribution < -0.4 is 4.72 Å². The molecule has 0 aliphatic heterocycles. The molecule has 136 valence electrons. The van der Waals surface area contributed by atoms with Gasteiger partial charge in [-0.3, -0.25) is 0 Å². The first-order chi connectivity index (χ1) is 12.4. The van der Waals surface area contributed by atoms with Crippen molar-refractivity contribution in [3.8, 4) is 0 Å². The lowest BCUT2D eigenvalue weighted by molar-refractivity contribution is 0.299. The number of benzene rings is 3. The van der Waals surface area contributed by atoms with Crippen LogP contribution in [-0.2, 0) is 10.0 Å². The average Bonchev–Trinajstić information content (AvgIpc) is 2.62. The van der Waals surface area contributed by atoms with E-state index in [1.165, 1.54) is 5.56 Å². The van der Waals surface area contributed by atoms with E-state index in [1.807, 2.05) is 80.5 Å². The lowest BCUT2D eigenvalue weighted by Gasteiger charge is -2.25. The summed E-state index contributed by atoms with van der Waals surface area (Å²) in [5, 5.41) is 1.94. The van der Waals surface area contributed by atoms with Crippen molar-refractivity contribution < 1.29 is 8.42 Å². The average molecular weight is 369 g/mol. The molecule has 0 amide bonds. The van der Waals surface area contributed by atoms with Crippen LogP contribution in [0.1, 0.15) is 17.2 Å². The Morgan fingerprint density at radius 3 is 2.23 bits per heavy atom. The second kappa shape index (κ2) is 7.58. The third kappa shape index (κ3) is 4.12. The molecule has 0 unspecified atom stereocenters. The maximum Gasteiger partial charge on any atom is 0.240 e. The third-order valence-electron chi connectivity index (χ3n) is 4.58. The molecular formula is C21H24N2O2S. The molecule has 0 aliphatic rings. The minimum Gasteiger partial charge on any atom is -0.301 e. The predicted octanol–water partition coefficient (Wildman–Crippen LogP) is 3.73. The van der Waals surface area contributed by atoms with Gasteiger partial charge in [0, 0.05) is 12.6 Å². The molecule has 0 saturated carbocycles. The summed E-state index contributed by atoms with van der Waals surface area (Å²) in [4.78, 5) is 2.31.